The van der Waals surface area contributed by atoms with Crippen LogP contribution in [0.4, 0.5) is 5.69 Å². The zero-order valence-corrected chi connectivity index (χ0v) is 12.1. The van der Waals surface area contributed by atoms with E-state index in [4.69, 9.17) is 21.6 Å². The molecule has 1 amide bonds. The maximum absolute atomic E-state index is 12.0. The summed E-state index contributed by atoms with van der Waals surface area (Å²) in [5.74, 6) is 0.356. The molecule has 4 nitrogen and oxygen atoms in total. The van der Waals surface area contributed by atoms with E-state index in [9.17, 15) is 4.79 Å². The molecule has 0 bridgehead atoms. The number of halogens is 1. The molecule has 0 atom stereocenters. The standard InChI is InChI=1S/C16H13ClN2O2/c1-21-15-7-6-11(8-13(15)17)9-16(20)19-14-5-3-2-4-12(14)10-18/h2-8H,9H2,1H3,(H,19,20). The topological polar surface area (TPSA) is 62.1 Å². The van der Waals surface area contributed by atoms with Crippen LogP contribution in [0, 0.1) is 11.3 Å². The number of rotatable bonds is 4. The second kappa shape index (κ2) is 6.78. The largest absolute Gasteiger partial charge is 0.495 e. The maximum atomic E-state index is 12.0. The van der Waals surface area contributed by atoms with Crippen LogP contribution in [0.3, 0.4) is 0 Å². The quantitative estimate of drug-likeness (QED) is 0.941. The molecule has 0 aliphatic heterocycles. The van der Waals surface area contributed by atoms with Crippen molar-refractivity contribution < 1.29 is 9.53 Å². The van der Waals surface area contributed by atoms with Crippen molar-refractivity contribution in [3.8, 4) is 11.8 Å². The summed E-state index contributed by atoms with van der Waals surface area (Å²) in [5, 5.41) is 12.2. The summed E-state index contributed by atoms with van der Waals surface area (Å²) in [6.07, 6.45) is 0.170. The zero-order chi connectivity index (χ0) is 15.2. The molecular formula is C16H13ClN2O2. The molecule has 21 heavy (non-hydrogen) atoms. The van der Waals surface area contributed by atoms with E-state index in [1.54, 1.807) is 42.5 Å². The van der Waals surface area contributed by atoms with Gasteiger partial charge < -0.3 is 10.1 Å². The molecule has 0 saturated carbocycles. The Labute approximate surface area is 127 Å². The first-order valence-electron chi connectivity index (χ1n) is 6.25. The van der Waals surface area contributed by atoms with Crippen molar-refractivity contribution >= 4 is 23.2 Å². The van der Waals surface area contributed by atoms with Crippen molar-refractivity contribution in [3.63, 3.8) is 0 Å². The fourth-order valence-corrected chi connectivity index (χ4v) is 2.17. The second-order valence-corrected chi connectivity index (χ2v) is 4.76. The molecule has 0 radical (unpaired) electrons. The summed E-state index contributed by atoms with van der Waals surface area (Å²) in [4.78, 5) is 12.0. The van der Waals surface area contributed by atoms with Crippen molar-refractivity contribution in [2.45, 2.75) is 6.42 Å². The van der Waals surface area contributed by atoms with Gasteiger partial charge in [0, 0.05) is 0 Å². The Balaban J connectivity index is 2.08. The van der Waals surface area contributed by atoms with E-state index in [-0.39, 0.29) is 12.3 Å². The Bertz CT molecular complexity index is 708. The number of carbonyl (C=O) groups excluding carboxylic acids is 1. The molecule has 2 aromatic carbocycles. The van der Waals surface area contributed by atoms with Crippen molar-refractivity contribution in [1.29, 1.82) is 5.26 Å². The fourth-order valence-electron chi connectivity index (χ4n) is 1.89. The van der Waals surface area contributed by atoms with Crippen LogP contribution < -0.4 is 10.1 Å². The first kappa shape index (κ1) is 14.9. The minimum absolute atomic E-state index is 0.170. The third-order valence-electron chi connectivity index (χ3n) is 2.90. The Morgan fingerprint density at radius 3 is 2.76 bits per heavy atom. The predicted octanol–water partition coefficient (Wildman–Crippen LogP) is 3.40. The van der Waals surface area contributed by atoms with Crippen LogP contribution in [-0.2, 0) is 11.2 Å². The highest BCUT2D eigenvalue weighted by molar-refractivity contribution is 6.32. The van der Waals surface area contributed by atoms with Crippen molar-refractivity contribution in [3.05, 3.63) is 58.6 Å². The number of nitriles is 1. The molecule has 106 valence electrons. The Kier molecular flexibility index (Phi) is 4.81. The monoisotopic (exact) mass is 300 g/mol. The average Bonchev–Trinajstić information content (AvgIpc) is 2.48. The summed E-state index contributed by atoms with van der Waals surface area (Å²) in [5.41, 5.74) is 1.70. The Morgan fingerprint density at radius 2 is 2.10 bits per heavy atom. The number of carbonyl (C=O) groups is 1. The minimum atomic E-state index is -0.209. The molecule has 2 aromatic rings. The van der Waals surface area contributed by atoms with Gasteiger partial charge in [0.2, 0.25) is 5.91 Å². The van der Waals surface area contributed by atoms with E-state index in [1.165, 1.54) is 7.11 Å². The predicted molar refractivity (Wildman–Crippen MR) is 81.5 cm³/mol. The van der Waals surface area contributed by atoms with Gasteiger partial charge in [-0.3, -0.25) is 4.79 Å². The number of hydrogen-bond acceptors (Lipinski definition) is 3. The van der Waals surface area contributed by atoms with E-state index in [0.717, 1.165) is 5.56 Å². The molecule has 0 heterocycles. The Morgan fingerprint density at radius 1 is 1.33 bits per heavy atom. The lowest BCUT2D eigenvalue weighted by Crippen LogP contribution is -2.15. The van der Waals surface area contributed by atoms with Crippen molar-refractivity contribution in [1.82, 2.24) is 0 Å². The minimum Gasteiger partial charge on any atom is -0.495 e. The molecule has 0 aliphatic carbocycles. The molecule has 0 saturated heterocycles. The van der Waals surface area contributed by atoms with Gasteiger partial charge in [0.15, 0.2) is 0 Å². The smallest absolute Gasteiger partial charge is 0.228 e. The van der Waals surface area contributed by atoms with Gasteiger partial charge >= 0.3 is 0 Å². The molecule has 0 aliphatic rings. The van der Waals surface area contributed by atoms with Crippen molar-refractivity contribution in [2.24, 2.45) is 0 Å². The molecule has 5 heteroatoms. The molecule has 0 spiro atoms. The van der Waals surface area contributed by atoms with E-state index in [1.807, 2.05) is 6.07 Å². The number of methoxy groups -OCH3 is 1. The van der Waals surface area contributed by atoms with Crippen LogP contribution in [0.2, 0.25) is 5.02 Å². The van der Waals surface area contributed by atoms with Gasteiger partial charge in [0.25, 0.3) is 0 Å². The van der Waals surface area contributed by atoms with Crippen LogP contribution >= 0.6 is 11.6 Å². The van der Waals surface area contributed by atoms with E-state index < -0.39 is 0 Å². The van der Waals surface area contributed by atoms with Crippen LogP contribution in [0.25, 0.3) is 0 Å². The van der Waals surface area contributed by atoms with Gasteiger partial charge in [0.05, 0.1) is 29.8 Å². The van der Waals surface area contributed by atoms with Crippen molar-refractivity contribution in [2.75, 3.05) is 12.4 Å². The van der Waals surface area contributed by atoms with Gasteiger partial charge in [0.1, 0.15) is 11.8 Å². The number of hydrogen-bond donors (Lipinski definition) is 1. The maximum Gasteiger partial charge on any atom is 0.228 e. The summed E-state index contributed by atoms with van der Waals surface area (Å²) < 4.78 is 5.06. The number of anilines is 1. The summed E-state index contributed by atoms with van der Waals surface area (Å²) in [6, 6.07) is 14.1. The Hall–Kier alpha value is -2.51. The molecular weight excluding hydrogens is 288 g/mol. The first-order valence-corrected chi connectivity index (χ1v) is 6.63. The highest BCUT2D eigenvalue weighted by Gasteiger charge is 2.09. The van der Waals surface area contributed by atoms with E-state index in [0.29, 0.717) is 22.0 Å². The lowest BCUT2D eigenvalue weighted by molar-refractivity contribution is -0.115. The van der Waals surface area contributed by atoms with Gasteiger partial charge in [-0.15, -0.1) is 0 Å². The number of ether oxygens (including phenoxy) is 1. The number of nitrogens with one attached hydrogen (secondary N) is 1. The van der Waals surface area contributed by atoms with E-state index in [2.05, 4.69) is 5.32 Å². The lowest BCUT2D eigenvalue weighted by atomic mass is 10.1. The third-order valence-corrected chi connectivity index (χ3v) is 3.20. The fraction of sp³-hybridized carbons (Fsp3) is 0.125. The van der Waals surface area contributed by atoms with Gasteiger partial charge in [-0.05, 0) is 29.8 Å². The third kappa shape index (κ3) is 3.74. The SMILES string of the molecule is COc1ccc(CC(=O)Nc2ccccc2C#N)cc1Cl. The van der Waals surface area contributed by atoms with E-state index >= 15 is 0 Å². The molecule has 1 N–H and O–H groups in total. The summed E-state index contributed by atoms with van der Waals surface area (Å²) in [7, 11) is 1.53. The van der Waals surface area contributed by atoms with Crippen LogP contribution in [0.15, 0.2) is 42.5 Å². The molecule has 0 aromatic heterocycles. The second-order valence-electron chi connectivity index (χ2n) is 4.35. The number of benzene rings is 2. The van der Waals surface area contributed by atoms with Gasteiger partial charge in [-0.1, -0.05) is 29.8 Å². The molecule has 2 rings (SSSR count). The zero-order valence-electron chi connectivity index (χ0n) is 11.4. The summed E-state index contributed by atoms with van der Waals surface area (Å²) in [6.45, 7) is 0. The molecule has 0 unspecified atom stereocenters. The summed E-state index contributed by atoms with van der Waals surface area (Å²) >= 11 is 6.02. The van der Waals surface area contributed by atoms with Crippen LogP contribution in [0.1, 0.15) is 11.1 Å². The number of amides is 1. The van der Waals surface area contributed by atoms with Crippen LogP contribution in [-0.4, -0.2) is 13.0 Å². The van der Waals surface area contributed by atoms with Gasteiger partial charge in [-0.25, -0.2) is 0 Å². The lowest BCUT2D eigenvalue weighted by Gasteiger charge is -2.08. The first-order chi connectivity index (χ1) is 10.1. The highest BCUT2D eigenvalue weighted by Crippen LogP contribution is 2.25. The number of nitrogens with zero attached hydrogens (tertiary/aromatic N) is 1. The van der Waals surface area contributed by atoms with Crippen LogP contribution in [0.5, 0.6) is 5.75 Å². The highest BCUT2D eigenvalue weighted by atomic mass is 35.5. The normalized spacial score (nSPS) is 9.76. The number of para-hydroxylation sites is 1. The molecule has 0 fully saturated rings. The average molecular weight is 301 g/mol. The van der Waals surface area contributed by atoms with Gasteiger partial charge in [-0.2, -0.15) is 5.26 Å².